The van der Waals surface area contributed by atoms with E-state index in [0.717, 1.165) is 12.8 Å². The van der Waals surface area contributed by atoms with Gasteiger partial charge < -0.3 is 11.5 Å². The minimum absolute atomic E-state index is 0.0407. The Morgan fingerprint density at radius 2 is 1.92 bits per heavy atom. The van der Waals surface area contributed by atoms with E-state index < -0.39 is 0 Å². The number of hydrogen-bond acceptors (Lipinski definition) is 2. The van der Waals surface area contributed by atoms with Crippen LogP contribution in [0.15, 0.2) is 0 Å². The highest BCUT2D eigenvalue weighted by atomic mass is 16.1. The first-order valence-corrected chi connectivity index (χ1v) is 4.39. The molecule has 0 aromatic heterocycles. The molecule has 0 saturated carbocycles. The summed E-state index contributed by atoms with van der Waals surface area (Å²) < 4.78 is 0. The highest BCUT2D eigenvalue weighted by Crippen LogP contribution is 2.28. The van der Waals surface area contributed by atoms with Crippen LogP contribution >= 0.6 is 0 Å². The summed E-state index contributed by atoms with van der Waals surface area (Å²) in [7, 11) is 0. The summed E-state index contributed by atoms with van der Waals surface area (Å²) in [6.07, 6.45) is 1.67. The van der Waals surface area contributed by atoms with E-state index in [1.165, 1.54) is 0 Å². The van der Waals surface area contributed by atoms with E-state index in [9.17, 15) is 4.79 Å². The number of carbonyl (C=O) groups excluding carboxylic acids is 1. The SMILES string of the molecule is CC(C)(C)C(CCCN)C(N)=O. The monoisotopic (exact) mass is 172 g/mol. The number of nitrogens with two attached hydrogens (primary N) is 2. The van der Waals surface area contributed by atoms with Crippen LogP contribution in [-0.4, -0.2) is 12.5 Å². The van der Waals surface area contributed by atoms with Gasteiger partial charge in [-0.1, -0.05) is 20.8 Å². The maximum atomic E-state index is 11.0. The van der Waals surface area contributed by atoms with E-state index in [1.807, 2.05) is 20.8 Å². The number of hydrogen-bond donors (Lipinski definition) is 2. The number of rotatable bonds is 4. The number of amides is 1. The molecule has 4 N–H and O–H groups in total. The van der Waals surface area contributed by atoms with Crippen LogP contribution in [0.5, 0.6) is 0 Å². The molecule has 0 rings (SSSR count). The van der Waals surface area contributed by atoms with Gasteiger partial charge in [0.15, 0.2) is 0 Å². The summed E-state index contributed by atoms with van der Waals surface area (Å²) >= 11 is 0. The van der Waals surface area contributed by atoms with Crippen molar-refractivity contribution in [1.82, 2.24) is 0 Å². The normalized spacial score (nSPS) is 14.3. The first kappa shape index (κ1) is 11.4. The van der Waals surface area contributed by atoms with Crippen molar-refractivity contribution in [2.45, 2.75) is 33.6 Å². The molecule has 0 saturated heterocycles. The molecule has 0 aliphatic rings. The van der Waals surface area contributed by atoms with Crippen LogP contribution in [0.3, 0.4) is 0 Å². The lowest BCUT2D eigenvalue weighted by molar-refractivity contribution is -0.125. The third kappa shape index (κ3) is 3.72. The van der Waals surface area contributed by atoms with Gasteiger partial charge >= 0.3 is 0 Å². The van der Waals surface area contributed by atoms with Gasteiger partial charge in [-0.05, 0) is 24.8 Å². The minimum Gasteiger partial charge on any atom is -0.369 e. The van der Waals surface area contributed by atoms with E-state index in [2.05, 4.69) is 0 Å². The zero-order chi connectivity index (χ0) is 9.78. The summed E-state index contributed by atoms with van der Waals surface area (Å²) in [5, 5.41) is 0. The molecule has 0 bridgehead atoms. The lowest BCUT2D eigenvalue weighted by atomic mass is 9.77. The average Bonchev–Trinajstić information content (AvgIpc) is 1.84. The maximum absolute atomic E-state index is 11.0. The van der Waals surface area contributed by atoms with Gasteiger partial charge in [-0.3, -0.25) is 4.79 Å². The zero-order valence-corrected chi connectivity index (χ0v) is 8.26. The van der Waals surface area contributed by atoms with Crippen molar-refractivity contribution < 1.29 is 4.79 Å². The van der Waals surface area contributed by atoms with Crippen LogP contribution in [-0.2, 0) is 4.79 Å². The smallest absolute Gasteiger partial charge is 0.221 e. The number of primary amides is 1. The Hall–Kier alpha value is -0.570. The fourth-order valence-electron chi connectivity index (χ4n) is 1.32. The number of carbonyl (C=O) groups is 1. The molecule has 0 aliphatic heterocycles. The Kier molecular flexibility index (Phi) is 4.24. The highest BCUT2D eigenvalue weighted by molar-refractivity contribution is 5.77. The van der Waals surface area contributed by atoms with Gasteiger partial charge in [0, 0.05) is 5.92 Å². The summed E-state index contributed by atoms with van der Waals surface area (Å²) in [6.45, 7) is 6.71. The molecule has 1 unspecified atom stereocenters. The molecule has 1 atom stereocenters. The predicted octanol–water partition coefficient (Wildman–Crippen LogP) is 0.873. The lowest BCUT2D eigenvalue weighted by Gasteiger charge is -2.27. The predicted molar refractivity (Wildman–Crippen MR) is 50.4 cm³/mol. The quantitative estimate of drug-likeness (QED) is 0.660. The fraction of sp³-hybridized carbons (Fsp3) is 0.889. The Morgan fingerprint density at radius 1 is 1.42 bits per heavy atom. The van der Waals surface area contributed by atoms with Crippen LogP contribution in [0.4, 0.5) is 0 Å². The van der Waals surface area contributed by atoms with Crippen molar-refractivity contribution in [1.29, 1.82) is 0 Å². The topological polar surface area (TPSA) is 69.1 Å². The second-order valence-electron chi connectivity index (χ2n) is 4.25. The molecule has 0 radical (unpaired) electrons. The molecular formula is C9H20N2O. The molecule has 0 aromatic carbocycles. The molecule has 0 heterocycles. The van der Waals surface area contributed by atoms with Crippen LogP contribution < -0.4 is 11.5 Å². The second kappa shape index (κ2) is 4.45. The molecule has 72 valence electrons. The summed E-state index contributed by atoms with van der Waals surface area (Å²) in [4.78, 5) is 11.0. The Morgan fingerprint density at radius 3 is 2.17 bits per heavy atom. The van der Waals surface area contributed by atoms with Gasteiger partial charge in [-0.2, -0.15) is 0 Å². The van der Waals surface area contributed by atoms with E-state index >= 15 is 0 Å². The van der Waals surface area contributed by atoms with Gasteiger partial charge in [0.2, 0.25) is 5.91 Å². The van der Waals surface area contributed by atoms with Crippen molar-refractivity contribution >= 4 is 5.91 Å². The molecule has 12 heavy (non-hydrogen) atoms. The summed E-state index contributed by atoms with van der Waals surface area (Å²) in [5.74, 6) is -0.267. The largest absolute Gasteiger partial charge is 0.369 e. The first-order valence-electron chi connectivity index (χ1n) is 4.39. The molecular weight excluding hydrogens is 152 g/mol. The van der Waals surface area contributed by atoms with Crippen LogP contribution in [0.25, 0.3) is 0 Å². The summed E-state index contributed by atoms with van der Waals surface area (Å²) in [6, 6.07) is 0. The second-order valence-corrected chi connectivity index (χ2v) is 4.25. The highest BCUT2D eigenvalue weighted by Gasteiger charge is 2.28. The molecule has 0 aliphatic carbocycles. The molecule has 0 spiro atoms. The van der Waals surface area contributed by atoms with Crippen LogP contribution in [0.2, 0.25) is 0 Å². The lowest BCUT2D eigenvalue weighted by Crippen LogP contribution is -2.34. The summed E-state index contributed by atoms with van der Waals surface area (Å²) in [5.41, 5.74) is 10.6. The third-order valence-electron chi connectivity index (χ3n) is 2.09. The van der Waals surface area contributed by atoms with Crippen molar-refractivity contribution in [3.05, 3.63) is 0 Å². The fourth-order valence-corrected chi connectivity index (χ4v) is 1.32. The van der Waals surface area contributed by atoms with Crippen molar-refractivity contribution in [2.24, 2.45) is 22.8 Å². The average molecular weight is 172 g/mol. The molecule has 0 fully saturated rings. The zero-order valence-electron chi connectivity index (χ0n) is 8.26. The first-order chi connectivity index (χ1) is 5.39. The van der Waals surface area contributed by atoms with Gasteiger partial charge in [-0.15, -0.1) is 0 Å². The molecule has 0 aromatic rings. The Labute approximate surface area is 74.5 Å². The van der Waals surface area contributed by atoms with E-state index in [-0.39, 0.29) is 17.2 Å². The van der Waals surface area contributed by atoms with Gasteiger partial charge in [0.1, 0.15) is 0 Å². The van der Waals surface area contributed by atoms with Crippen LogP contribution in [0.1, 0.15) is 33.6 Å². The van der Waals surface area contributed by atoms with E-state index in [0.29, 0.717) is 6.54 Å². The Balaban J connectivity index is 4.15. The molecule has 1 amide bonds. The third-order valence-corrected chi connectivity index (χ3v) is 2.09. The maximum Gasteiger partial charge on any atom is 0.221 e. The van der Waals surface area contributed by atoms with Crippen LogP contribution in [0, 0.1) is 11.3 Å². The minimum atomic E-state index is -0.212. The van der Waals surface area contributed by atoms with E-state index in [4.69, 9.17) is 11.5 Å². The molecule has 3 nitrogen and oxygen atoms in total. The van der Waals surface area contributed by atoms with Crippen molar-refractivity contribution in [3.8, 4) is 0 Å². The van der Waals surface area contributed by atoms with Gasteiger partial charge in [0.25, 0.3) is 0 Å². The van der Waals surface area contributed by atoms with Crippen molar-refractivity contribution in [2.75, 3.05) is 6.54 Å². The molecule has 3 heteroatoms. The van der Waals surface area contributed by atoms with E-state index in [1.54, 1.807) is 0 Å². The van der Waals surface area contributed by atoms with Gasteiger partial charge in [-0.25, -0.2) is 0 Å². The van der Waals surface area contributed by atoms with Gasteiger partial charge in [0.05, 0.1) is 0 Å². The van der Waals surface area contributed by atoms with Crippen molar-refractivity contribution in [3.63, 3.8) is 0 Å². The standard InChI is InChI=1S/C9H20N2O/c1-9(2,3)7(8(11)12)5-4-6-10/h7H,4-6,10H2,1-3H3,(H2,11,12). The Bertz CT molecular complexity index is 149.